The Morgan fingerprint density at radius 3 is 2.24 bits per heavy atom. The van der Waals surface area contributed by atoms with Gasteiger partial charge in [0.2, 0.25) is 0 Å². The number of aromatic amines is 1. The van der Waals surface area contributed by atoms with Crippen molar-refractivity contribution in [2.24, 2.45) is 0 Å². The van der Waals surface area contributed by atoms with Gasteiger partial charge >= 0.3 is 0 Å². The van der Waals surface area contributed by atoms with E-state index in [2.05, 4.69) is 25.8 Å². The summed E-state index contributed by atoms with van der Waals surface area (Å²) in [6, 6.07) is 23.4. The molecule has 168 valence electrons. The molecule has 1 amide bonds. The van der Waals surface area contributed by atoms with Crippen LogP contribution < -0.4 is 10.5 Å². The minimum absolute atomic E-state index is 0.00848. The number of benzene rings is 3. The molecule has 0 saturated heterocycles. The minimum atomic E-state index is -0.179. The van der Waals surface area contributed by atoms with Gasteiger partial charge in [-0.15, -0.1) is 0 Å². The predicted octanol–water partition coefficient (Wildman–Crippen LogP) is 6.29. The first-order valence-electron chi connectivity index (χ1n) is 11.2. The third kappa shape index (κ3) is 4.90. The summed E-state index contributed by atoms with van der Waals surface area (Å²) in [6.45, 7) is 10.6. The van der Waals surface area contributed by atoms with Gasteiger partial charge in [0.15, 0.2) is 0 Å². The van der Waals surface area contributed by atoms with Crippen molar-refractivity contribution in [1.82, 2.24) is 4.98 Å². The van der Waals surface area contributed by atoms with Crippen molar-refractivity contribution in [2.75, 3.05) is 4.90 Å². The molecule has 4 aromatic rings. The molecule has 1 heterocycles. The lowest BCUT2D eigenvalue weighted by Crippen LogP contribution is -2.33. The summed E-state index contributed by atoms with van der Waals surface area (Å²) in [4.78, 5) is 31.2. The molecule has 33 heavy (non-hydrogen) atoms. The number of nitrogens with one attached hydrogen (secondary N) is 1. The van der Waals surface area contributed by atoms with E-state index in [1.54, 1.807) is 4.90 Å². The SMILES string of the molecule is Cc1cccc(N(Cc2cc3ccc(C)cc3[nH]c2=O)C(=O)c2ccc(C(C)(C)C)cc2)c1. The molecule has 0 aliphatic rings. The molecule has 3 aromatic carbocycles. The van der Waals surface area contributed by atoms with E-state index in [0.717, 1.165) is 27.7 Å². The molecule has 0 bridgehead atoms. The van der Waals surface area contributed by atoms with Crippen LogP contribution in [0.25, 0.3) is 10.9 Å². The number of amides is 1. The summed E-state index contributed by atoms with van der Waals surface area (Å²) in [5, 5.41) is 0.946. The van der Waals surface area contributed by atoms with Gasteiger partial charge in [0, 0.05) is 22.3 Å². The second-order valence-electron chi connectivity index (χ2n) is 9.77. The minimum Gasteiger partial charge on any atom is -0.322 e. The molecular weight excluding hydrogens is 408 g/mol. The third-order valence-corrected chi connectivity index (χ3v) is 5.96. The molecule has 0 atom stereocenters. The van der Waals surface area contributed by atoms with Crippen LogP contribution in [0.3, 0.4) is 0 Å². The summed E-state index contributed by atoms with van der Waals surface area (Å²) < 4.78 is 0. The number of rotatable bonds is 4. The number of carbonyl (C=O) groups is 1. The Kier molecular flexibility index (Phi) is 5.94. The van der Waals surface area contributed by atoms with E-state index in [4.69, 9.17) is 0 Å². The maximum absolute atomic E-state index is 13.7. The highest BCUT2D eigenvalue weighted by Crippen LogP contribution is 2.25. The van der Waals surface area contributed by atoms with Crippen LogP contribution >= 0.6 is 0 Å². The zero-order chi connectivity index (χ0) is 23.8. The monoisotopic (exact) mass is 438 g/mol. The summed E-state index contributed by atoms with van der Waals surface area (Å²) in [5.74, 6) is -0.135. The highest BCUT2D eigenvalue weighted by atomic mass is 16.2. The maximum atomic E-state index is 13.7. The van der Waals surface area contributed by atoms with Gasteiger partial charge in [-0.1, -0.05) is 57.2 Å². The van der Waals surface area contributed by atoms with Crippen LogP contribution in [-0.4, -0.2) is 10.9 Å². The van der Waals surface area contributed by atoms with Gasteiger partial charge in [-0.25, -0.2) is 0 Å². The molecule has 0 aliphatic heterocycles. The van der Waals surface area contributed by atoms with Gasteiger partial charge < -0.3 is 9.88 Å². The van der Waals surface area contributed by atoms with E-state index >= 15 is 0 Å². The largest absolute Gasteiger partial charge is 0.322 e. The van der Waals surface area contributed by atoms with E-state index in [1.807, 2.05) is 86.6 Å². The summed E-state index contributed by atoms with van der Waals surface area (Å²) >= 11 is 0. The van der Waals surface area contributed by atoms with E-state index in [9.17, 15) is 9.59 Å². The normalized spacial score (nSPS) is 11.5. The molecule has 0 spiro atoms. The molecule has 4 rings (SSSR count). The van der Waals surface area contributed by atoms with Crippen LogP contribution in [0.15, 0.2) is 77.6 Å². The first-order chi connectivity index (χ1) is 15.6. The number of nitrogens with zero attached hydrogens (tertiary/aromatic N) is 1. The van der Waals surface area contributed by atoms with Gasteiger partial charge in [0.25, 0.3) is 11.5 Å². The smallest absolute Gasteiger partial charge is 0.258 e. The van der Waals surface area contributed by atoms with Gasteiger partial charge in [-0.2, -0.15) is 0 Å². The Morgan fingerprint density at radius 2 is 1.58 bits per heavy atom. The van der Waals surface area contributed by atoms with Crippen molar-refractivity contribution in [3.8, 4) is 0 Å². The number of carbonyl (C=O) groups excluding carboxylic acids is 1. The first-order valence-corrected chi connectivity index (χ1v) is 11.2. The van der Waals surface area contributed by atoms with Crippen LogP contribution in [0.2, 0.25) is 0 Å². The first kappa shape index (κ1) is 22.5. The van der Waals surface area contributed by atoms with Crippen LogP contribution in [-0.2, 0) is 12.0 Å². The fourth-order valence-electron chi connectivity index (χ4n) is 3.99. The Balaban J connectivity index is 1.75. The van der Waals surface area contributed by atoms with Gasteiger partial charge in [-0.3, -0.25) is 9.59 Å². The van der Waals surface area contributed by atoms with Crippen molar-refractivity contribution in [2.45, 2.75) is 46.6 Å². The second-order valence-corrected chi connectivity index (χ2v) is 9.77. The lowest BCUT2D eigenvalue weighted by molar-refractivity contribution is 0.0985. The quantitative estimate of drug-likeness (QED) is 0.407. The summed E-state index contributed by atoms with van der Waals surface area (Å²) in [5.41, 5.74) is 5.85. The lowest BCUT2D eigenvalue weighted by atomic mass is 9.86. The fraction of sp³-hybridized carbons (Fsp3) is 0.241. The van der Waals surface area contributed by atoms with E-state index < -0.39 is 0 Å². The molecule has 4 nitrogen and oxygen atoms in total. The number of fused-ring (bicyclic) bond motifs is 1. The molecule has 4 heteroatoms. The number of H-pyrrole nitrogens is 1. The Morgan fingerprint density at radius 1 is 0.879 bits per heavy atom. The van der Waals surface area contributed by atoms with Crippen molar-refractivity contribution >= 4 is 22.5 Å². The molecule has 1 aromatic heterocycles. The van der Waals surface area contributed by atoms with Crippen LogP contribution in [0.4, 0.5) is 5.69 Å². The fourth-order valence-corrected chi connectivity index (χ4v) is 3.99. The maximum Gasteiger partial charge on any atom is 0.258 e. The van der Waals surface area contributed by atoms with Crippen molar-refractivity contribution in [1.29, 1.82) is 0 Å². The van der Waals surface area contributed by atoms with E-state index in [-0.39, 0.29) is 23.4 Å². The molecule has 1 N–H and O–H groups in total. The van der Waals surface area contributed by atoms with E-state index in [0.29, 0.717) is 11.1 Å². The van der Waals surface area contributed by atoms with Crippen LogP contribution in [0.5, 0.6) is 0 Å². The Bertz CT molecular complexity index is 1380. The highest BCUT2D eigenvalue weighted by Gasteiger charge is 2.21. The number of anilines is 1. The standard InChI is InChI=1S/C29H30N2O2/c1-19-7-6-8-25(15-19)31(28(33)21-11-13-24(14-12-21)29(3,4)5)18-23-17-22-10-9-20(2)16-26(22)30-27(23)32/h6-17H,18H2,1-5H3,(H,30,32). The second kappa shape index (κ2) is 8.70. The number of pyridine rings is 1. The molecule has 0 unspecified atom stereocenters. The summed E-state index contributed by atoms with van der Waals surface area (Å²) in [6.07, 6.45) is 0. The van der Waals surface area contributed by atoms with Gasteiger partial charge in [0.1, 0.15) is 0 Å². The predicted molar refractivity (Wildman–Crippen MR) is 136 cm³/mol. The van der Waals surface area contributed by atoms with Crippen LogP contribution in [0, 0.1) is 13.8 Å². The number of aromatic nitrogens is 1. The van der Waals surface area contributed by atoms with Crippen molar-refractivity contribution in [3.05, 3.63) is 111 Å². The Hall–Kier alpha value is -3.66. The van der Waals surface area contributed by atoms with Crippen molar-refractivity contribution in [3.63, 3.8) is 0 Å². The van der Waals surface area contributed by atoms with E-state index in [1.165, 1.54) is 5.56 Å². The topological polar surface area (TPSA) is 53.2 Å². The lowest BCUT2D eigenvalue weighted by Gasteiger charge is -2.24. The number of aryl methyl sites for hydroxylation is 2. The number of hydrogen-bond donors (Lipinski definition) is 1. The molecular formula is C29H30N2O2. The van der Waals surface area contributed by atoms with Gasteiger partial charge in [-0.05, 0) is 77.7 Å². The Labute approximate surface area is 194 Å². The third-order valence-electron chi connectivity index (χ3n) is 5.96. The van der Waals surface area contributed by atoms with Crippen LogP contribution in [0.1, 0.15) is 53.4 Å². The number of hydrogen-bond acceptors (Lipinski definition) is 2. The molecule has 0 saturated carbocycles. The zero-order valence-corrected chi connectivity index (χ0v) is 19.9. The molecule has 0 aliphatic carbocycles. The average molecular weight is 439 g/mol. The molecule has 0 fully saturated rings. The van der Waals surface area contributed by atoms with Crippen molar-refractivity contribution < 1.29 is 4.79 Å². The zero-order valence-electron chi connectivity index (χ0n) is 19.9. The molecule has 0 radical (unpaired) electrons. The highest BCUT2D eigenvalue weighted by molar-refractivity contribution is 6.06. The van der Waals surface area contributed by atoms with Gasteiger partial charge in [0.05, 0.1) is 6.54 Å². The summed E-state index contributed by atoms with van der Waals surface area (Å²) in [7, 11) is 0. The average Bonchev–Trinajstić information content (AvgIpc) is 2.77.